The lowest BCUT2D eigenvalue weighted by Gasteiger charge is -2.32. The van der Waals surface area contributed by atoms with Gasteiger partial charge in [0.25, 0.3) is 5.91 Å². The van der Waals surface area contributed by atoms with Crippen LogP contribution in [0.2, 0.25) is 5.02 Å². The zero-order valence-corrected chi connectivity index (χ0v) is 17.7. The maximum atomic E-state index is 13.0. The van der Waals surface area contributed by atoms with E-state index in [0.717, 1.165) is 5.75 Å². The number of ether oxygens (including phenoxy) is 1. The second kappa shape index (κ2) is 9.63. The lowest BCUT2D eigenvalue weighted by Crippen LogP contribution is -2.42. The number of nitrogens with zero attached hydrogens (tertiary/aromatic N) is 2. The summed E-state index contributed by atoms with van der Waals surface area (Å²) in [4.78, 5) is 39.6. The molecule has 30 heavy (non-hydrogen) atoms. The molecule has 3 amide bonds. The summed E-state index contributed by atoms with van der Waals surface area (Å²) < 4.78 is 5.97. The predicted molar refractivity (Wildman–Crippen MR) is 115 cm³/mol. The first-order valence-electron chi connectivity index (χ1n) is 9.68. The average molecular weight is 430 g/mol. The minimum absolute atomic E-state index is 0.0505. The third-order valence-electron chi connectivity index (χ3n) is 4.83. The van der Waals surface area contributed by atoms with Gasteiger partial charge >= 0.3 is 11.8 Å². The molecule has 1 saturated heterocycles. The third kappa shape index (κ3) is 5.30. The van der Waals surface area contributed by atoms with Crippen LogP contribution in [0.5, 0.6) is 5.75 Å². The van der Waals surface area contributed by atoms with Crippen molar-refractivity contribution in [2.75, 3.05) is 32.5 Å². The maximum absolute atomic E-state index is 13.0. The highest BCUT2D eigenvalue weighted by Crippen LogP contribution is 2.25. The summed E-state index contributed by atoms with van der Waals surface area (Å²) in [6.07, 6.45) is 1.48. The molecule has 8 heteroatoms. The Balaban J connectivity index is 1.62. The van der Waals surface area contributed by atoms with Gasteiger partial charge in [-0.3, -0.25) is 14.4 Å². The van der Waals surface area contributed by atoms with Gasteiger partial charge in [-0.2, -0.15) is 0 Å². The highest BCUT2D eigenvalue weighted by atomic mass is 35.5. The van der Waals surface area contributed by atoms with Gasteiger partial charge in [0.05, 0.1) is 10.6 Å². The monoisotopic (exact) mass is 429 g/mol. The molecule has 1 aliphatic heterocycles. The van der Waals surface area contributed by atoms with E-state index in [-0.39, 0.29) is 17.6 Å². The average Bonchev–Trinajstić information content (AvgIpc) is 2.75. The quantitative estimate of drug-likeness (QED) is 0.757. The SMILES string of the molecule is CN(C)C(=O)C(=O)Nc1ccc(Cl)c(C(=O)N2CCC(Oc3ccccc3)CC2)c1. The Morgan fingerprint density at radius 3 is 2.37 bits per heavy atom. The number of anilines is 1. The minimum Gasteiger partial charge on any atom is -0.490 e. The molecule has 0 saturated carbocycles. The van der Waals surface area contributed by atoms with Crippen LogP contribution in [0.4, 0.5) is 5.69 Å². The summed E-state index contributed by atoms with van der Waals surface area (Å²) in [6, 6.07) is 14.2. The number of benzene rings is 2. The van der Waals surface area contributed by atoms with Crippen molar-refractivity contribution in [1.29, 1.82) is 0 Å². The van der Waals surface area contributed by atoms with Crippen molar-refractivity contribution in [2.45, 2.75) is 18.9 Å². The van der Waals surface area contributed by atoms with E-state index >= 15 is 0 Å². The van der Waals surface area contributed by atoms with Gasteiger partial charge in [-0.15, -0.1) is 0 Å². The minimum atomic E-state index is -0.778. The van der Waals surface area contributed by atoms with Gasteiger partial charge in [-0.25, -0.2) is 0 Å². The van der Waals surface area contributed by atoms with E-state index in [9.17, 15) is 14.4 Å². The van der Waals surface area contributed by atoms with E-state index in [4.69, 9.17) is 16.3 Å². The van der Waals surface area contributed by atoms with Crippen LogP contribution in [0.25, 0.3) is 0 Å². The molecule has 0 atom stereocenters. The van der Waals surface area contributed by atoms with E-state index < -0.39 is 11.8 Å². The van der Waals surface area contributed by atoms with Crippen LogP contribution >= 0.6 is 11.6 Å². The third-order valence-corrected chi connectivity index (χ3v) is 5.16. The number of likely N-dealkylation sites (N-methyl/N-ethyl adjacent to an activating group) is 1. The van der Waals surface area contributed by atoms with Gasteiger partial charge < -0.3 is 19.9 Å². The predicted octanol–water partition coefficient (Wildman–Crippen LogP) is 3.05. The van der Waals surface area contributed by atoms with Crippen molar-refractivity contribution in [3.05, 3.63) is 59.1 Å². The molecule has 1 fully saturated rings. The Kier molecular flexibility index (Phi) is 6.95. The number of piperidine rings is 1. The summed E-state index contributed by atoms with van der Waals surface area (Å²) in [7, 11) is 2.98. The number of carbonyl (C=O) groups is 3. The molecule has 7 nitrogen and oxygen atoms in total. The number of hydrogen-bond acceptors (Lipinski definition) is 4. The van der Waals surface area contributed by atoms with Crippen molar-refractivity contribution in [2.24, 2.45) is 0 Å². The topological polar surface area (TPSA) is 79.0 Å². The lowest BCUT2D eigenvalue weighted by atomic mass is 10.1. The molecule has 0 spiro atoms. The number of para-hydroxylation sites is 1. The number of hydrogen-bond donors (Lipinski definition) is 1. The molecule has 0 aromatic heterocycles. The molecule has 1 heterocycles. The molecular weight excluding hydrogens is 406 g/mol. The van der Waals surface area contributed by atoms with Gasteiger partial charge in [0.15, 0.2) is 0 Å². The Bertz CT molecular complexity index is 925. The highest BCUT2D eigenvalue weighted by Gasteiger charge is 2.26. The van der Waals surface area contributed by atoms with Gasteiger partial charge in [0, 0.05) is 45.7 Å². The van der Waals surface area contributed by atoms with E-state index in [2.05, 4.69) is 5.32 Å². The molecule has 1 aliphatic rings. The standard InChI is InChI=1S/C22H24ClN3O4/c1-25(2)22(29)20(27)24-15-8-9-19(23)18(14-15)21(28)26-12-10-17(11-13-26)30-16-6-4-3-5-7-16/h3-9,14,17H,10-13H2,1-2H3,(H,24,27). The molecule has 0 radical (unpaired) electrons. The summed E-state index contributed by atoms with van der Waals surface area (Å²) in [5.74, 6) is -0.854. The molecule has 0 unspecified atom stereocenters. The summed E-state index contributed by atoms with van der Waals surface area (Å²) in [6.45, 7) is 1.09. The summed E-state index contributed by atoms with van der Waals surface area (Å²) in [5, 5.41) is 2.79. The van der Waals surface area contributed by atoms with Crippen LogP contribution < -0.4 is 10.1 Å². The summed E-state index contributed by atoms with van der Waals surface area (Å²) >= 11 is 6.24. The Morgan fingerprint density at radius 1 is 1.07 bits per heavy atom. The number of rotatable bonds is 4. The molecule has 2 aromatic carbocycles. The normalized spacial score (nSPS) is 14.2. The second-order valence-corrected chi connectivity index (χ2v) is 7.68. The van der Waals surface area contributed by atoms with Crippen LogP contribution in [0, 0.1) is 0 Å². The fraction of sp³-hybridized carbons (Fsp3) is 0.318. The molecule has 3 rings (SSSR count). The van der Waals surface area contributed by atoms with Gasteiger partial charge in [0.2, 0.25) is 0 Å². The van der Waals surface area contributed by atoms with Crippen molar-refractivity contribution in [1.82, 2.24) is 9.80 Å². The van der Waals surface area contributed by atoms with Crippen molar-refractivity contribution < 1.29 is 19.1 Å². The van der Waals surface area contributed by atoms with Crippen molar-refractivity contribution >= 4 is 35.0 Å². The van der Waals surface area contributed by atoms with Crippen LogP contribution in [0.1, 0.15) is 23.2 Å². The number of carbonyl (C=O) groups excluding carboxylic acids is 3. The van der Waals surface area contributed by atoms with Crippen LogP contribution in [0.3, 0.4) is 0 Å². The molecule has 2 aromatic rings. The number of nitrogens with one attached hydrogen (secondary N) is 1. The number of likely N-dealkylation sites (tertiary alicyclic amines) is 1. The fourth-order valence-electron chi connectivity index (χ4n) is 3.19. The first kappa shape index (κ1) is 21.6. The first-order chi connectivity index (χ1) is 14.3. The van der Waals surface area contributed by atoms with Crippen LogP contribution in [-0.2, 0) is 9.59 Å². The van der Waals surface area contributed by atoms with E-state index in [0.29, 0.717) is 36.6 Å². The van der Waals surface area contributed by atoms with Crippen LogP contribution in [-0.4, -0.2) is 60.8 Å². The lowest BCUT2D eigenvalue weighted by molar-refractivity contribution is -0.141. The second-order valence-electron chi connectivity index (χ2n) is 7.27. The Morgan fingerprint density at radius 2 is 1.73 bits per heavy atom. The molecular formula is C22H24ClN3O4. The molecule has 0 aliphatic carbocycles. The molecule has 1 N–H and O–H groups in total. The fourth-order valence-corrected chi connectivity index (χ4v) is 3.39. The van der Waals surface area contributed by atoms with E-state index in [1.807, 2.05) is 30.3 Å². The number of halogens is 1. The zero-order valence-electron chi connectivity index (χ0n) is 16.9. The summed E-state index contributed by atoms with van der Waals surface area (Å²) in [5.41, 5.74) is 0.624. The van der Waals surface area contributed by atoms with Crippen LogP contribution in [0.15, 0.2) is 48.5 Å². The van der Waals surface area contributed by atoms with E-state index in [1.165, 1.54) is 31.1 Å². The van der Waals surface area contributed by atoms with Crippen molar-refractivity contribution in [3.8, 4) is 5.75 Å². The zero-order chi connectivity index (χ0) is 21.7. The first-order valence-corrected chi connectivity index (χ1v) is 10.1. The highest BCUT2D eigenvalue weighted by molar-refractivity contribution is 6.39. The van der Waals surface area contributed by atoms with Gasteiger partial charge in [0.1, 0.15) is 11.9 Å². The molecule has 158 valence electrons. The Labute approximate surface area is 180 Å². The van der Waals surface area contributed by atoms with Gasteiger partial charge in [-0.1, -0.05) is 29.8 Å². The number of amides is 3. The Hall–Kier alpha value is -3.06. The van der Waals surface area contributed by atoms with Gasteiger partial charge in [-0.05, 0) is 30.3 Å². The smallest absolute Gasteiger partial charge is 0.313 e. The van der Waals surface area contributed by atoms with Crippen molar-refractivity contribution in [3.63, 3.8) is 0 Å². The maximum Gasteiger partial charge on any atom is 0.313 e. The van der Waals surface area contributed by atoms with E-state index in [1.54, 1.807) is 11.0 Å². The largest absolute Gasteiger partial charge is 0.490 e. The molecule has 0 bridgehead atoms.